The van der Waals surface area contributed by atoms with E-state index in [1.165, 1.54) is 16.7 Å². The van der Waals surface area contributed by atoms with Gasteiger partial charge in [-0.05, 0) is 43.5 Å². The third kappa shape index (κ3) is 4.99. The second-order valence-corrected chi connectivity index (χ2v) is 5.30. The Bertz CT molecular complexity index is 523. The Labute approximate surface area is 131 Å². The van der Waals surface area contributed by atoms with Crippen molar-refractivity contribution in [1.82, 2.24) is 0 Å². The highest BCUT2D eigenvalue weighted by molar-refractivity contribution is 5.34. The van der Waals surface area contributed by atoms with Crippen LogP contribution in [0, 0.1) is 0 Å². The van der Waals surface area contributed by atoms with Gasteiger partial charge in [-0.3, -0.25) is 0 Å². The molecule has 0 aromatic heterocycles. The molecule has 0 fully saturated rings. The summed E-state index contributed by atoms with van der Waals surface area (Å²) in [5, 5.41) is 11.7. The van der Waals surface area contributed by atoms with Crippen molar-refractivity contribution in [3.05, 3.63) is 65.2 Å². The summed E-state index contributed by atoms with van der Waals surface area (Å²) in [6, 6.07) is 16.7. The lowest BCUT2D eigenvalue weighted by atomic mass is 9.99. The van der Waals surface area contributed by atoms with Gasteiger partial charge >= 0.3 is 0 Å². The van der Waals surface area contributed by atoms with Crippen LogP contribution in [0.1, 0.15) is 30.5 Å². The third-order valence-electron chi connectivity index (χ3n) is 3.26. The van der Waals surface area contributed by atoms with Crippen LogP contribution in [-0.2, 0) is 13.0 Å². The molecular formula is C17H22BrNO. The molecule has 0 saturated heterocycles. The lowest BCUT2D eigenvalue weighted by molar-refractivity contribution is -0.698. The van der Waals surface area contributed by atoms with E-state index in [2.05, 4.69) is 43.4 Å². The molecule has 0 radical (unpaired) electrons. The number of halogens is 1. The molecule has 0 aliphatic carbocycles. The molecule has 0 unspecified atom stereocenters. The standard InChI is InChI=1S/C17H21NO.BrH/c1-13(2)18-12-16-6-4-3-5-15(16)11-14-7-9-17(19)10-8-14;/h3-10,13,18-19H,11-12H2,1-2H3;1H. The fraction of sp³-hybridized carbons (Fsp3) is 0.294. The Morgan fingerprint density at radius 1 is 0.950 bits per heavy atom. The summed E-state index contributed by atoms with van der Waals surface area (Å²) in [6.07, 6.45) is 0.919. The van der Waals surface area contributed by atoms with Gasteiger partial charge in [0.25, 0.3) is 0 Å². The fourth-order valence-electron chi connectivity index (χ4n) is 2.13. The van der Waals surface area contributed by atoms with Crippen molar-refractivity contribution in [3.63, 3.8) is 0 Å². The summed E-state index contributed by atoms with van der Waals surface area (Å²) in [5.41, 5.74) is 3.99. The van der Waals surface area contributed by atoms with Crippen LogP contribution in [0.4, 0.5) is 0 Å². The summed E-state index contributed by atoms with van der Waals surface area (Å²) in [6.45, 7) is 5.44. The zero-order valence-corrected chi connectivity index (χ0v) is 13.6. The molecule has 2 aromatic carbocycles. The average Bonchev–Trinajstić information content (AvgIpc) is 2.40. The van der Waals surface area contributed by atoms with Gasteiger partial charge in [-0.15, -0.1) is 0 Å². The maximum Gasteiger partial charge on any atom is 0.115 e. The summed E-state index contributed by atoms with van der Waals surface area (Å²) < 4.78 is 0. The molecule has 0 amide bonds. The van der Waals surface area contributed by atoms with Gasteiger partial charge in [0.2, 0.25) is 0 Å². The molecule has 0 bridgehead atoms. The molecule has 2 rings (SSSR count). The molecule has 2 aromatic rings. The van der Waals surface area contributed by atoms with Gasteiger partial charge in [0.1, 0.15) is 12.3 Å². The van der Waals surface area contributed by atoms with E-state index in [-0.39, 0.29) is 17.0 Å². The predicted molar refractivity (Wildman–Crippen MR) is 78.1 cm³/mol. The summed E-state index contributed by atoms with van der Waals surface area (Å²) in [5.74, 6) is 0.324. The van der Waals surface area contributed by atoms with Crippen molar-refractivity contribution < 1.29 is 27.4 Å². The van der Waals surface area contributed by atoms with E-state index in [0.717, 1.165) is 13.0 Å². The van der Waals surface area contributed by atoms with Crippen LogP contribution in [0.2, 0.25) is 0 Å². The van der Waals surface area contributed by atoms with Gasteiger partial charge < -0.3 is 27.4 Å². The van der Waals surface area contributed by atoms with Gasteiger partial charge in [-0.2, -0.15) is 0 Å². The Hall–Kier alpha value is -1.32. The lowest BCUT2D eigenvalue weighted by Gasteiger charge is -2.10. The van der Waals surface area contributed by atoms with Gasteiger partial charge in [0.15, 0.2) is 0 Å². The number of phenols is 1. The topological polar surface area (TPSA) is 36.8 Å². The molecular weight excluding hydrogens is 314 g/mol. The number of phenolic OH excluding ortho intramolecular Hbond substituents is 1. The van der Waals surface area contributed by atoms with Crippen molar-refractivity contribution in [2.24, 2.45) is 0 Å². The highest BCUT2D eigenvalue weighted by Crippen LogP contribution is 2.16. The minimum absolute atomic E-state index is 0. The van der Waals surface area contributed by atoms with E-state index >= 15 is 0 Å². The first-order valence-corrected chi connectivity index (χ1v) is 6.83. The molecule has 3 N–H and O–H groups in total. The number of benzene rings is 2. The SMILES string of the molecule is CC(C)[NH2+]Cc1ccccc1Cc1ccc(O)cc1.[Br-]. The number of hydrogen-bond acceptors (Lipinski definition) is 1. The van der Waals surface area contributed by atoms with Crippen molar-refractivity contribution in [1.29, 1.82) is 0 Å². The maximum absolute atomic E-state index is 9.32. The minimum Gasteiger partial charge on any atom is -1.00 e. The fourth-order valence-corrected chi connectivity index (χ4v) is 2.13. The number of nitrogens with two attached hydrogens (primary N) is 1. The zero-order chi connectivity index (χ0) is 13.7. The second kappa shape index (κ2) is 8.08. The molecule has 2 nitrogen and oxygen atoms in total. The van der Waals surface area contributed by atoms with Crippen molar-refractivity contribution >= 4 is 0 Å². The van der Waals surface area contributed by atoms with Crippen molar-refractivity contribution in [2.45, 2.75) is 32.9 Å². The van der Waals surface area contributed by atoms with E-state index in [4.69, 9.17) is 0 Å². The molecule has 0 aliphatic heterocycles. The molecule has 3 heteroatoms. The lowest BCUT2D eigenvalue weighted by Crippen LogP contribution is -3.00. The number of quaternary nitrogens is 1. The minimum atomic E-state index is 0. The summed E-state index contributed by atoms with van der Waals surface area (Å²) in [4.78, 5) is 0. The third-order valence-corrected chi connectivity index (χ3v) is 3.26. The maximum atomic E-state index is 9.32. The largest absolute Gasteiger partial charge is 1.00 e. The normalized spacial score (nSPS) is 10.3. The van der Waals surface area contributed by atoms with Crippen LogP contribution < -0.4 is 22.3 Å². The molecule has 0 saturated carbocycles. The Balaban J connectivity index is 0.00000200. The van der Waals surface area contributed by atoms with Gasteiger partial charge in [-0.25, -0.2) is 0 Å². The van der Waals surface area contributed by atoms with E-state index in [1.54, 1.807) is 12.1 Å². The van der Waals surface area contributed by atoms with Crippen molar-refractivity contribution in [2.75, 3.05) is 0 Å². The van der Waals surface area contributed by atoms with E-state index in [1.807, 2.05) is 12.1 Å². The number of aromatic hydroxyl groups is 1. The smallest absolute Gasteiger partial charge is 0.115 e. The second-order valence-electron chi connectivity index (χ2n) is 5.30. The molecule has 20 heavy (non-hydrogen) atoms. The van der Waals surface area contributed by atoms with Gasteiger partial charge in [0.05, 0.1) is 6.04 Å². The van der Waals surface area contributed by atoms with Crippen LogP contribution in [-0.4, -0.2) is 11.1 Å². The van der Waals surface area contributed by atoms with Crippen molar-refractivity contribution in [3.8, 4) is 5.75 Å². The van der Waals surface area contributed by atoms with Crippen LogP contribution in [0.5, 0.6) is 5.75 Å². The Morgan fingerprint density at radius 2 is 1.55 bits per heavy atom. The summed E-state index contributed by atoms with van der Waals surface area (Å²) in [7, 11) is 0. The highest BCUT2D eigenvalue weighted by atomic mass is 79.9. The first kappa shape index (κ1) is 16.7. The van der Waals surface area contributed by atoms with E-state index in [9.17, 15) is 5.11 Å². The molecule has 0 heterocycles. The zero-order valence-electron chi connectivity index (χ0n) is 12.0. The van der Waals surface area contributed by atoms with E-state index < -0.39 is 0 Å². The predicted octanol–water partition coefficient (Wildman–Crippen LogP) is -0.541. The Kier molecular flexibility index (Phi) is 6.76. The first-order chi connectivity index (χ1) is 9.15. The van der Waals surface area contributed by atoms with Crippen LogP contribution in [0.25, 0.3) is 0 Å². The highest BCUT2D eigenvalue weighted by Gasteiger charge is 2.06. The van der Waals surface area contributed by atoms with E-state index in [0.29, 0.717) is 11.8 Å². The number of rotatable bonds is 5. The van der Waals surface area contributed by atoms with Gasteiger partial charge in [0, 0.05) is 5.56 Å². The molecule has 0 atom stereocenters. The molecule has 0 aliphatic rings. The average molecular weight is 336 g/mol. The summed E-state index contributed by atoms with van der Waals surface area (Å²) >= 11 is 0. The van der Waals surface area contributed by atoms with Gasteiger partial charge in [-0.1, -0.05) is 36.4 Å². The first-order valence-electron chi connectivity index (χ1n) is 6.83. The quantitative estimate of drug-likeness (QED) is 0.756. The van der Waals surface area contributed by atoms with Crippen LogP contribution in [0.3, 0.4) is 0 Å². The monoisotopic (exact) mass is 335 g/mol. The number of hydrogen-bond donors (Lipinski definition) is 2. The molecule has 108 valence electrons. The molecule has 0 spiro atoms. The van der Waals surface area contributed by atoms with Crippen LogP contribution in [0.15, 0.2) is 48.5 Å². The Morgan fingerprint density at radius 3 is 2.15 bits per heavy atom. The van der Waals surface area contributed by atoms with Crippen LogP contribution >= 0.6 is 0 Å².